The standard InChI is InChI=1S/C27H30Cl2N2O3/c1-4-24(27(33)30-15-18(2)3)31(16-20-12-13-21(28)14-23(20)29)26(32)17-34-25-11-7-9-19-8-5-6-10-22(19)25/h5-14,18,24H,4,15-17H2,1-3H3,(H,30,33)/t24-/m1/s1. The van der Waals surface area contributed by atoms with Crippen molar-refractivity contribution in [1.29, 1.82) is 0 Å². The number of benzene rings is 3. The number of nitrogens with zero attached hydrogens (tertiary/aromatic N) is 1. The summed E-state index contributed by atoms with van der Waals surface area (Å²) in [7, 11) is 0. The molecule has 0 bridgehead atoms. The minimum absolute atomic E-state index is 0.168. The summed E-state index contributed by atoms with van der Waals surface area (Å²) in [6, 6.07) is 18.0. The van der Waals surface area contributed by atoms with Crippen LogP contribution in [0.2, 0.25) is 10.0 Å². The van der Waals surface area contributed by atoms with Crippen LogP contribution in [0.15, 0.2) is 60.7 Å². The monoisotopic (exact) mass is 500 g/mol. The predicted octanol–water partition coefficient (Wildman–Crippen LogP) is 6.11. The molecule has 3 aromatic rings. The van der Waals surface area contributed by atoms with E-state index in [2.05, 4.69) is 5.32 Å². The first-order valence-electron chi connectivity index (χ1n) is 11.4. The molecule has 0 heterocycles. The summed E-state index contributed by atoms with van der Waals surface area (Å²) >= 11 is 12.4. The summed E-state index contributed by atoms with van der Waals surface area (Å²) < 4.78 is 5.94. The van der Waals surface area contributed by atoms with Gasteiger partial charge in [0.1, 0.15) is 11.8 Å². The van der Waals surface area contributed by atoms with E-state index in [4.69, 9.17) is 27.9 Å². The molecule has 1 N–H and O–H groups in total. The summed E-state index contributed by atoms with van der Waals surface area (Å²) in [4.78, 5) is 28.0. The Labute approximate surface area is 211 Å². The molecule has 0 aliphatic heterocycles. The lowest BCUT2D eigenvalue weighted by Gasteiger charge is -2.31. The summed E-state index contributed by atoms with van der Waals surface area (Å²) in [5.41, 5.74) is 0.708. The highest BCUT2D eigenvalue weighted by molar-refractivity contribution is 6.35. The average Bonchev–Trinajstić information content (AvgIpc) is 2.82. The largest absolute Gasteiger partial charge is 0.483 e. The fraction of sp³-hybridized carbons (Fsp3) is 0.333. The summed E-state index contributed by atoms with van der Waals surface area (Å²) in [6.07, 6.45) is 0.454. The van der Waals surface area contributed by atoms with Crippen LogP contribution in [0, 0.1) is 5.92 Å². The van der Waals surface area contributed by atoms with Crippen molar-refractivity contribution in [2.45, 2.75) is 39.8 Å². The number of hydrogen-bond donors (Lipinski definition) is 1. The molecule has 3 rings (SSSR count). The van der Waals surface area contributed by atoms with E-state index in [1.807, 2.05) is 63.2 Å². The van der Waals surface area contributed by atoms with Crippen LogP contribution in [0.1, 0.15) is 32.8 Å². The fourth-order valence-electron chi connectivity index (χ4n) is 3.72. The first-order chi connectivity index (χ1) is 16.3. The number of carbonyl (C=O) groups excluding carboxylic acids is 2. The second kappa shape index (κ2) is 12.1. The van der Waals surface area contributed by atoms with Gasteiger partial charge in [-0.05, 0) is 41.5 Å². The molecule has 0 saturated carbocycles. The van der Waals surface area contributed by atoms with E-state index >= 15 is 0 Å². The van der Waals surface area contributed by atoms with Crippen molar-refractivity contribution >= 4 is 45.8 Å². The molecule has 3 aromatic carbocycles. The Balaban J connectivity index is 1.84. The molecule has 1 atom stereocenters. The zero-order valence-electron chi connectivity index (χ0n) is 19.7. The van der Waals surface area contributed by atoms with Crippen LogP contribution in [0.5, 0.6) is 5.75 Å². The Kier molecular flexibility index (Phi) is 9.20. The highest BCUT2D eigenvalue weighted by atomic mass is 35.5. The predicted molar refractivity (Wildman–Crippen MR) is 138 cm³/mol. The number of halogens is 2. The molecule has 2 amide bonds. The number of fused-ring (bicyclic) bond motifs is 1. The lowest BCUT2D eigenvalue weighted by atomic mass is 10.1. The van der Waals surface area contributed by atoms with E-state index in [-0.39, 0.29) is 25.0 Å². The first kappa shape index (κ1) is 25.9. The number of rotatable bonds is 10. The maximum atomic E-state index is 13.4. The van der Waals surface area contributed by atoms with Crippen molar-refractivity contribution in [3.63, 3.8) is 0 Å². The molecule has 34 heavy (non-hydrogen) atoms. The molecular formula is C27H30Cl2N2O3. The normalized spacial score (nSPS) is 11.9. The highest BCUT2D eigenvalue weighted by Gasteiger charge is 2.29. The van der Waals surface area contributed by atoms with Crippen LogP contribution in [0.4, 0.5) is 0 Å². The zero-order valence-corrected chi connectivity index (χ0v) is 21.2. The van der Waals surface area contributed by atoms with Crippen LogP contribution < -0.4 is 10.1 Å². The molecule has 0 aliphatic rings. The van der Waals surface area contributed by atoms with Gasteiger partial charge in [0, 0.05) is 28.5 Å². The average molecular weight is 501 g/mol. The Bertz CT molecular complexity index is 1140. The van der Waals surface area contributed by atoms with Gasteiger partial charge in [-0.1, -0.05) is 86.4 Å². The van der Waals surface area contributed by atoms with Gasteiger partial charge in [-0.25, -0.2) is 0 Å². The van der Waals surface area contributed by atoms with Crippen molar-refractivity contribution in [2.24, 2.45) is 5.92 Å². The zero-order chi connectivity index (χ0) is 24.7. The van der Waals surface area contributed by atoms with Crippen molar-refractivity contribution in [2.75, 3.05) is 13.2 Å². The van der Waals surface area contributed by atoms with Crippen LogP contribution in [-0.2, 0) is 16.1 Å². The number of ether oxygens (including phenoxy) is 1. The van der Waals surface area contributed by atoms with Crippen molar-refractivity contribution in [1.82, 2.24) is 10.2 Å². The summed E-state index contributed by atoms with van der Waals surface area (Å²) in [5.74, 6) is 0.421. The number of nitrogens with one attached hydrogen (secondary N) is 1. The van der Waals surface area contributed by atoms with Gasteiger partial charge in [-0.15, -0.1) is 0 Å². The third kappa shape index (κ3) is 6.64. The number of amides is 2. The van der Waals surface area contributed by atoms with E-state index in [1.165, 1.54) is 4.90 Å². The van der Waals surface area contributed by atoms with Crippen LogP contribution in [0.3, 0.4) is 0 Å². The maximum absolute atomic E-state index is 13.4. The molecule has 0 fully saturated rings. The van der Waals surface area contributed by atoms with Crippen LogP contribution >= 0.6 is 23.2 Å². The maximum Gasteiger partial charge on any atom is 0.261 e. The number of carbonyl (C=O) groups is 2. The van der Waals surface area contributed by atoms with Gasteiger partial charge in [0.2, 0.25) is 5.91 Å². The fourth-order valence-corrected chi connectivity index (χ4v) is 4.19. The highest BCUT2D eigenvalue weighted by Crippen LogP contribution is 2.26. The van der Waals surface area contributed by atoms with E-state index in [0.717, 1.165) is 10.8 Å². The van der Waals surface area contributed by atoms with Gasteiger partial charge in [0.05, 0.1) is 0 Å². The molecule has 0 unspecified atom stereocenters. The molecule has 0 aromatic heterocycles. The van der Waals surface area contributed by atoms with E-state index < -0.39 is 6.04 Å². The lowest BCUT2D eigenvalue weighted by molar-refractivity contribution is -0.143. The lowest BCUT2D eigenvalue weighted by Crippen LogP contribution is -2.50. The van der Waals surface area contributed by atoms with Crippen LogP contribution in [-0.4, -0.2) is 35.9 Å². The third-order valence-corrected chi connectivity index (χ3v) is 6.11. The Morgan fingerprint density at radius 3 is 2.47 bits per heavy atom. The Hall–Kier alpha value is -2.76. The first-order valence-corrected chi connectivity index (χ1v) is 12.2. The second-order valence-corrected chi connectivity index (χ2v) is 9.43. The summed E-state index contributed by atoms with van der Waals surface area (Å²) in [6.45, 7) is 6.43. The third-order valence-electron chi connectivity index (χ3n) is 5.53. The van der Waals surface area contributed by atoms with E-state index in [0.29, 0.717) is 40.2 Å². The molecular weight excluding hydrogens is 471 g/mol. The SMILES string of the molecule is CC[C@H](C(=O)NCC(C)C)N(Cc1ccc(Cl)cc1Cl)C(=O)COc1cccc2ccccc12. The Morgan fingerprint density at radius 1 is 1.03 bits per heavy atom. The second-order valence-electron chi connectivity index (χ2n) is 8.59. The molecule has 0 aliphatic carbocycles. The molecule has 180 valence electrons. The molecule has 0 radical (unpaired) electrons. The minimum atomic E-state index is -0.658. The van der Waals surface area contributed by atoms with Gasteiger partial charge in [0.15, 0.2) is 6.61 Å². The molecule has 7 heteroatoms. The quantitative estimate of drug-likeness (QED) is 0.365. The van der Waals surface area contributed by atoms with Crippen molar-refractivity contribution < 1.29 is 14.3 Å². The molecule has 0 saturated heterocycles. The van der Waals surface area contributed by atoms with Gasteiger partial charge in [-0.3, -0.25) is 9.59 Å². The van der Waals surface area contributed by atoms with Crippen LogP contribution in [0.25, 0.3) is 10.8 Å². The van der Waals surface area contributed by atoms with Gasteiger partial charge < -0.3 is 15.0 Å². The van der Waals surface area contributed by atoms with Crippen molar-refractivity contribution in [3.8, 4) is 5.75 Å². The van der Waals surface area contributed by atoms with Crippen molar-refractivity contribution in [3.05, 3.63) is 76.3 Å². The Morgan fingerprint density at radius 2 is 1.76 bits per heavy atom. The molecule has 5 nitrogen and oxygen atoms in total. The number of hydrogen-bond acceptors (Lipinski definition) is 3. The summed E-state index contributed by atoms with van der Waals surface area (Å²) in [5, 5.41) is 5.85. The van der Waals surface area contributed by atoms with Gasteiger partial charge in [0.25, 0.3) is 5.91 Å². The van der Waals surface area contributed by atoms with Gasteiger partial charge >= 0.3 is 0 Å². The van der Waals surface area contributed by atoms with Gasteiger partial charge in [-0.2, -0.15) is 0 Å². The molecule has 0 spiro atoms. The smallest absolute Gasteiger partial charge is 0.261 e. The topological polar surface area (TPSA) is 58.6 Å². The minimum Gasteiger partial charge on any atom is -0.483 e. The van der Waals surface area contributed by atoms with E-state index in [9.17, 15) is 9.59 Å². The van der Waals surface area contributed by atoms with E-state index in [1.54, 1.807) is 18.2 Å².